The largest absolute Gasteiger partial charge is 0.382 e. The van der Waals surface area contributed by atoms with E-state index in [1.807, 2.05) is 18.2 Å². The van der Waals surface area contributed by atoms with Crippen LogP contribution in [0.4, 0.5) is 11.4 Å². The molecule has 0 radical (unpaired) electrons. The Balaban J connectivity index is 1.95. The molecule has 0 aliphatic carbocycles. The van der Waals surface area contributed by atoms with E-state index in [4.69, 9.17) is 0 Å². The van der Waals surface area contributed by atoms with Crippen molar-refractivity contribution in [3.8, 4) is 0 Å². The van der Waals surface area contributed by atoms with Crippen LogP contribution in [-0.4, -0.2) is 11.0 Å². The molecule has 0 aliphatic heterocycles. The molecule has 0 amide bonds. The highest BCUT2D eigenvalue weighted by Crippen LogP contribution is 2.17. The summed E-state index contributed by atoms with van der Waals surface area (Å²) < 4.78 is 0. The molecule has 1 atom stereocenters. The molecule has 98 valence electrons. The van der Waals surface area contributed by atoms with Gasteiger partial charge in [0.25, 0.3) is 5.69 Å². The number of nitrogens with zero attached hydrogens (tertiary/aromatic N) is 1. The van der Waals surface area contributed by atoms with Crippen LogP contribution in [0.15, 0.2) is 54.6 Å². The lowest BCUT2D eigenvalue weighted by Gasteiger charge is -2.15. The maximum Gasteiger partial charge on any atom is 0.269 e. The third-order valence-electron chi connectivity index (χ3n) is 2.88. The smallest absolute Gasteiger partial charge is 0.269 e. The highest BCUT2D eigenvalue weighted by molar-refractivity contribution is 5.49. The Morgan fingerprint density at radius 3 is 2.32 bits per heavy atom. The van der Waals surface area contributed by atoms with Crippen molar-refractivity contribution >= 4 is 11.4 Å². The number of nitro groups is 1. The van der Waals surface area contributed by atoms with E-state index in [0.29, 0.717) is 0 Å². The molecule has 0 spiro atoms. The van der Waals surface area contributed by atoms with Gasteiger partial charge >= 0.3 is 0 Å². The Morgan fingerprint density at radius 2 is 1.74 bits per heavy atom. The molecule has 4 heteroatoms. The zero-order valence-electron chi connectivity index (χ0n) is 10.7. The quantitative estimate of drug-likeness (QED) is 0.656. The van der Waals surface area contributed by atoms with Crippen LogP contribution in [-0.2, 0) is 6.42 Å². The molecule has 1 N–H and O–H groups in total. The monoisotopic (exact) mass is 256 g/mol. The summed E-state index contributed by atoms with van der Waals surface area (Å²) in [4.78, 5) is 10.2. The van der Waals surface area contributed by atoms with Gasteiger partial charge in [-0.25, -0.2) is 0 Å². The van der Waals surface area contributed by atoms with E-state index in [1.54, 1.807) is 12.1 Å². The number of nitro benzene ring substituents is 1. The maximum absolute atomic E-state index is 10.6. The van der Waals surface area contributed by atoms with Crippen molar-refractivity contribution in [1.29, 1.82) is 0 Å². The van der Waals surface area contributed by atoms with Crippen LogP contribution in [0.2, 0.25) is 0 Å². The summed E-state index contributed by atoms with van der Waals surface area (Å²) in [5.41, 5.74) is 2.28. The third kappa shape index (κ3) is 3.81. The lowest BCUT2D eigenvalue weighted by atomic mass is 10.1. The normalized spacial score (nSPS) is 11.8. The molecule has 0 saturated carbocycles. The maximum atomic E-state index is 10.6. The summed E-state index contributed by atoms with van der Waals surface area (Å²) in [7, 11) is 0. The van der Waals surface area contributed by atoms with E-state index in [1.165, 1.54) is 17.7 Å². The second kappa shape index (κ2) is 6.00. The zero-order valence-corrected chi connectivity index (χ0v) is 10.7. The molecular formula is C15H16N2O2. The van der Waals surface area contributed by atoms with Gasteiger partial charge in [-0.2, -0.15) is 0 Å². The van der Waals surface area contributed by atoms with E-state index in [0.717, 1.165) is 12.1 Å². The molecule has 2 rings (SSSR count). The number of rotatable bonds is 5. The van der Waals surface area contributed by atoms with Gasteiger partial charge in [-0.15, -0.1) is 0 Å². The van der Waals surface area contributed by atoms with E-state index in [9.17, 15) is 10.1 Å². The standard InChI is InChI=1S/C15H16N2O2/c1-12(11-13-5-3-2-4-6-13)16-14-7-9-15(10-8-14)17(18)19/h2-10,12,16H,11H2,1H3. The number of hydrogen-bond donors (Lipinski definition) is 1. The van der Waals surface area contributed by atoms with Crippen molar-refractivity contribution in [3.63, 3.8) is 0 Å². The van der Waals surface area contributed by atoms with Crippen LogP contribution >= 0.6 is 0 Å². The molecule has 1 unspecified atom stereocenters. The fourth-order valence-electron chi connectivity index (χ4n) is 1.98. The SMILES string of the molecule is CC(Cc1ccccc1)Nc1ccc([N+](=O)[O-])cc1. The van der Waals surface area contributed by atoms with Gasteiger partial charge in [0.05, 0.1) is 4.92 Å². The molecule has 0 heterocycles. The first-order valence-corrected chi connectivity index (χ1v) is 6.20. The highest BCUT2D eigenvalue weighted by atomic mass is 16.6. The first kappa shape index (κ1) is 13.1. The van der Waals surface area contributed by atoms with Gasteiger partial charge in [0.15, 0.2) is 0 Å². The summed E-state index contributed by atoms with van der Waals surface area (Å²) in [5, 5.41) is 13.9. The number of benzene rings is 2. The van der Waals surface area contributed by atoms with Crippen molar-refractivity contribution < 1.29 is 4.92 Å². The molecule has 2 aromatic carbocycles. The first-order chi connectivity index (χ1) is 9.15. The fourth-order valence-corrected chi connectivity index (χ4v) is 1.98. The van der Waals surface area contributed by atoms with Gasteiger partial charge in [0, 0.05) is 23.9 Å². The van der Waals surface area contributed by atoms with Gasteiger partial charge in [-0.1, -0.05) is 30.3 Å². The van der Waals surface area contributed by atoms with E-state index in [2.05, 4.69) is 24.4 Å². The molecule has 2 aromatic rings. The van der Waals surface area contributed by atoms with Gasteiger partial charge in [0.2, 0.25) is 0 Å². The van der Waals surface area contributed by atoms with Crippen LogP contribution < -0.4 is 5.32 Å². The zero-order chi connectivity index (χ0) is 13.7. The van der Waals surface area contributed by atoms with Crippen LogP contribution in [0.3, 0.4) is 0 Å². The van der Waals surface area contributed by atoms with Crippen molar-refractivity contribution in [2.45, 2.75) is 19.4 Å². The summed E-state index contributed by atoms with van der Waals surface area (Å²) in [6.45, 7) is 2.09. The summed E-state index contributed by atoms with van der Waals surface area (Å²) in [5.74, 6) is 0. The number of anilines is 1. The topological polar surface area (TPSA) is 55.2 Å². The molecule has 0 saturated heterocycles. The van der Waals surface area contributed by atoms with Gasteiger partial charge in [-0.3, -0.25) is 10.1 Å². The molecule has 0 bridgehead atoms. The Hall–Kier alpha value is -2.36. The molecule has 0 aliphatic rings. The Bertz CT molecular complexity index is 538. The Morgan fingerprint density at radius 1 is 1.11 bits per heavy atom. The van der Waals surface area contributed by atoms with E-state index >= 15 is 0 Å². The molecule has 19 heavy (non-hydrogen) atoms. The van der Waals surface area contributed by atoms with Gasteiger partial charge in [-0.05, 0) is 31.0 Å². The van der Waals surface area contributed by atoms with Gasteiger partial charge < -0.3 is 5.32 Å². The van der Waals surface area contributed by atoms with Crippen LogP contribution in [0, 0.1) is 10.1 Å². The van der Waals surface area contributed by atoms with Crippen molar-refractivity contribution in [2.24, 2.45) is 0 Å². The highest BCUT2D eigenvalue weighted by Gasteiger charge is 2.06. The lowest BCUT2D eigenvalue weighted by molar-refractivity contribution is -0.384. The summed E-state index contributed by atoms with van der Waals surface area (Å²) >= 11 is 0. The third-order valence-corrected chi connectivity index (χ3v) is 2.88. The van der Waals surface area contributed by atoms with Gasteiger partial charge in [0.1, 0.15) is 0 Å². The fraction of sp³-hybridized carbons (Fsp3) is 0.200. The molecule has 0 aromatic heterocycles. The van der Waals surface area contributed by atoms with E-state index < -0.39 is 4.92 Å². The molecular weight excluding hydrogens is 240 g/mol. The predicted molar refractivity (Wildman–Crippen MR) is 76.3 cm³/mol. The van der Waals surface area contributed by atoms with Crippen molar-refractivity contribution in [2.75, 3.05) is 5.32 Å². The number of non-ortho nitro benzene ring substituents is 1. The molecule has 4 nitrogen and oxygen atoms in total. The number of hydrogen-bond acceptors (Lipinski definition) is 3. The summed E-state index contributed by atoms with van der Waals surface area (Å²) in [6, 6.07) is 17.0. The average molecular weight is 256 g/mol. The first-order valence-electron chi connectivity index (χ1n) is 6.20. The second-order valence-electron chi connectivity index (χ2n) is 4.54. The van der Waals surface area contributed by atoms with Crippen molar-refractivity contribution in [3.05, 3.63) is 70.3 Å². The minimum absolute atomic E-state index is 0.112. The second-order valence-corrected chi connectivity index (χ2v) is 4.54. The van der Waals surface area contributed by atoms with Crippen LogP contribution in [0.5, 0.6) is 0 Å². The van der Waals surface area contributed by atoms with Crippen LogP contribution in [0.1, 0.15) is 12.5 Å². The minimum Gasteiger partial charge on any atom is -0.382 e. The average Bonchev–Trinajstić information content (AvgIpc) is 2.40. The van der Waals surface area contributed by atoms with E-state index in [-0.39, 0.29) is 11.7 Å². The lowest BCUT2D eigenvalue weighted by Crippen LogP contribution is -2.17. The van der Waals surface area contributed by atoms with Crippen LogP contribution in [0.25, 0.3) is 0 Å². The number of nitrogens with one attached hydrogen (secondary N) is 1. The Kier molecular flexibility index (Phi) is 4.13. The van der Waals surface area contributed by atoms with Crippen molar-refractivity contribution in [1.82, 2.24) is 0 Å². The minimum atomic E-state index is -0.392. The summed E-state index contributed by atoms with van der Waals surface area (Å²) in [6.07, 6.45) is 0.915. The predicted octanol–water partition coefficient (Wildman–Crippen LogP) is 3.64. The molecule has 0 fully saturated rings. The Labute approximate surface area is 112 Å².